The fraction of sp³-hybridized carbons (Fsp3) is 0.120. The van der Waals surface area contributed by atoms with Crippen LogP contribution in [0.5, 0.6) is 5.75 Å². The molecule has 0 fully saturated rings. The lowest BCUT2D eigenvalue weighted by Crippen LogP contribution is -2.14. The van der Waals surface area contributed by atoms with Crippen molar-refractivity contribution in [3.8, 4) is 5.75 Å². The molecule has 3 aromatic rings. The van der Waals surface area contributed by atoms with Crippen LogP contribution in [0.1, 0.15) is 22.7 Å². The van der Waals surface area contributed by atoms with Crippen molar-refractivity contribution in [3.05, 3.63) is 114 Å². The maximum atomic E-state index is 12.3. The zero-order valence-corrected chi connectivity index (χ0v) is 16.5. The molecule has 0 amide bonds. The molecule has 0 spiro atoms. The summed E-state index contributed by atoms with van der Waals surface area (Å²) in [5.74, 6) is 0.238. The number of benzene rings is 3. The first-order valence-electron chi connectivity index (χ1n) is 9.23. The van der Waals surface area contributed by atoms with Gasteiger partial charge in [0.15, 0.2) is 0 Å². The molecule has 0 N–H and O–H groups in total. The van der Waals surface area contributed by atoms with Crippen molar-refractivity contribution in [2.75, 3.05) is 14.2 Å². The van der Waals surface area contributed by atoms with Gasteiger partial charge in [0.25, 0.3) is 0 Å². The molecule has 0 bridgehead atoms. The molecule has 0 unspecified atom stereocenters. The zero-order valence-electron chi connectivity index (χ0n) is 16.5. The Morgan fingerprint density at radius 2 is 1.34 bits per heavy atom. The number of rotatable bonds is 7. The molecule has 0 aliphatic carbocycles. The highest BCUT2D eigenvalue weighted by Gasteiger charge is 2.22. The number of hydrogen-bond acceptors (Lipinski definition) is 4. The molecule has 0 aromatic heterocycles. The van der Waals surface area contributed by atoms with Crippen molar-refractivity contribution in [1.29, 1.82) is 0 Å². The van der Waals surface area contributed by atoms with Crippen molar-refractivity contribution >= 4 is 11.7 Å². The second-order valence-corrected chi connectivity index (χ2v) is 6.40. The van der Waals surface area contributed by atoms with Crippen molar-refractivity contribution in [3.63, 3.8) is 0 Å². The fourth-order valence-corrected chi connectivity index (χ4v) is 3.02. The summed E-state index contributed by atoms with van der Waals surface area (Å²) in [6.45, 7) is 3.97. The number of esters is 1. The first-order valence-corrected chi connectivity index (χ1v) is 9.23. The lowest BCUT2D eigenvalue weighted by molar-refractivity contribution is -0.136. The zero-order chi connectivity index (χ0) is 20.6. The third-order valence-electron chi connectivity index (χ3n) is 4.56. The Bertz CT molecular complexity index is 952. The second kappa shape index (κ2) is 9.51. The predicted molar refractivity (Wildman–Crippen MR) is 115 cm³/mol. The van der Waals surface area contributed by atoms with E-state index in [0.717, 1.165) is 28.2 Å². The number of hydrogen-bond donors (Lipinski definition) is 0. The molecular formula is C25H23NO3. The van der Waals surface area contributed by atoms with E-state index in [1.807, 2.05) is 84.9 Å². The van der Waals surface area contributed by atoms with E-state index in [9.17, 15) is 4.79 Å². The van der Waals surface area contributed by atoms with Gasteiger partial charge in [-0.3, -0.25) is 4.99 Å². The Morgan fingerprint density at radius 1 is 0.828 bits per heavy atom. The standard InChI is InChI=1S/C25H23NO3/c1-18(25(27)29-3)23(21-14-16-22(28-2)17-15-21)26-24(19-10-6-4-7-11-19)20-12-8-5-9-13-20/h4-17,23H,1H2,2-3H3/t23-/m0/s1. The SMILES string of the molecule is C=C(C(=O)OC)[C@H](N=C(c1ccccc1)c1ccccc1)c1ccc(OC)cc1. The Hall–Kier alpha value is -3.66. The Labute approximate surface area is 171 Å². The molecular weight excluding hydrogens is 362 g/mol. The number of methoxy groups -OCH3 is 2. The van der Waals surface area contributed by atoms with Crippen LogP contribution in [0.3, 0.4) is 0 Å². The van der Waals surface area contributed by atoms with Crippen LogP contribution >= 0.6 is 0 Å². The van der Waals surface area contributed by atoms with Gasteiger partial charge >= 0.3 is 5.97 Å². The maximum Gasteiger partial charge on any atom is 0.335 e. The third kappa shape index (κ3) is 4.79. The van der Waals surface area contributed by atoms with Crippen molar-refractivity contribution < 1.29 is 14.3 Å². The van der Waals surface area contributed by atoms with Gasteiger partial charge in [-0.15, -0.1) is 0 Å². The fourth-order valence-electron chi connectivity index (χ4n) is 3.02. The third-order valence-corrected chi connectivity index (χ3v) is 4.56. The van der Waals surface area contributed by atoms with Crippen LogP contribution in [-0.2, 0) is 9.53 Å². The minimum absolute atomic E-state index is 0.266. The van der Waals surface area contributed by atoms with E-state index in [-0.39, 0.29) is 5.57 Å². The van der Waals surface area contributed by atoms with Crippen LogP contribution in [0.2, 0.25) is 0 Å². The van der Waals surface area contributed by atoms with Crippen LogP contribution < -0.4 is 4.74 Å². The highest BCUT2D eigenvalue weighted by molar-refractivity contribution is 6.13. The molecule has 0 saturated carbocycles. The summed E-state index contributed by atoms with van der Waals surface area (Å²) < 4.78 is 10.2. The van der Waals surface area contributed by atoms with Crippen molar-refractivity contribution in [2.45, 2.75) is 6.04 Å². The molecule has 29 heavy (non-hydrogen) atoms. The lowest BCUT2D eigenvalue weighted by Gasteiger charge is -2.18. The molecule has 0 heterocycles. The summed E-state index contributed by atoms with van der Waals surface area (Å²) in [6.07, 6.45) is 0. The maximum absolute atomic E-state index is 12.3. The molecule has 146 valence electrons. The molecule has 3 aromatic carbocycles. The first-order chi connectivity index (χ1) is 14.1. The Kier molecular flexibility index (Phi) is 6.59. The predicted octanol–water partition coefficient (Wildman–Crippen LogP) is 5.00. The van der Waals surface area contributed by atoms with Gasteiger partial charge in [0.05, 0.1) is 25.5 Å². The molecule has 3 rings (SSSR count). The van der Waals surface area contributed by atoms with Crippen LogP contribution in [0.25, 0.3) is 0 Å². The van der Waals surface area contributed by atoms with Gasteiger partial charge < -0.3 is 9.47 Å². The molecule has 1 atom stereocenters. The number of ether oxygens (including phenoxy) is 2. The van der Waals surface area contributed by atoms with Gasteiger partial charge in [-0.25, -0.2) is 4.79 Å². The van der Waals surface area contributed by atoms with Gasteiger partial charge in [0.1, 0.15) is 11.8 Å². The topological polar surface area (TPSA) is 47.9 Å². The van der Waals surface area contributed by atoms with E-state index in [1.54, 1.807) is 7.11 Å². The minimum atomic E-state index is -0.594. The van der Waals surface area contributed by atoms with E-state index in [0.29, 0.717) is 0 Å². The van der Waals surface area contributed by atoms with E-state index in [4.69, 9.17) is 14.5 Å². The second-order valence-electron chi connectivity index (χ2n) is 6.40. The average molecular weight is 385 g/mol. The quantitative estimate of drug-likeness (QED) is 0.327. The van der Waals surface area contributed by atoms with Gasteiger partial charge in [-0.2, -0.15) is 0 Å². The number of carbonyl (C=O) groups is 1. The van der Waals surface area contributed by atoms with Crippen LogP contribution in [0.4, 0.5) is 0 Å². The van der Waals surface area contributed by atoms with E-state index in [2.05, 4.69) is 6.58 Å². The van der Waals surface area contributed by atoms with Gasteiger partial charge in [-0.05, 0) is 17.7 Å². The van der Waals surface area contributed by atoms with E-state index < -0.39 is 12.0 Å². The van der Waals surface area contributed by atoms with Crippen molar-refractivity contribution in [1.82, 2.24) is 0 Å². The summed E-state index contributed by atoms with van der Waals surface area (Å²) in [5.41, 5.74) is 3.77. The summed E-state index contributed by atoms with van der Waals surface area (Å²) in [6, 6.07) is 26.6. The Balaban J connectivity index is 2.16. The largest absolute Gasteiger partial charge is 0.497 e. The van der Waals surface area contributed by atoms with Gasteiger partial charge in [-0.1, -0.05) is 79.4 Å². The lowest BCUT2D eigenvalue weighted by atomic mass is 9.97. The minimum Gasteiger partial charge on any atom is -0.497 e. The highest BCUT2D eigenvalue weighted by atomic mass is 16.5. The number of nitrogens with zero attached hydrogens (tertiary/aromatic N) is 1. The summed E-state index contributed by atoms with van der Waals surface area (Å²) >= 11 is 0. The van der Waals surface area contributed by atoms with Crippen molar-refractivity contribution in [2.24, 2.45) is 4.99 Å². The van der Waals surface area contributed by atoms with Crippen LogP contribution in [-0.4, -0.2) is 25.9 Å². The molecule has 0 aliphatic rings. The van der Waals surface area contributed by atoms with E-state index in [1.165, 1.54) is 7.11 Å². The smallest absolute Gasteiger partial charge is 0.335 e. The average Bonchev–Trinajstić information content (AvgIpc) is 2.80. The first kappa shape index (κ1) is 20.1. The van der Waals surface area contributed by atoms with E-state index >= 15 is 0 Å². The molecule has 4 heteroatoms. The van der Waals surface area contributed by atoms with Crippen LogP contribution in [0, 0.1) is 0 Å². The number of carbonyl (C=O) groups excluding carboxylic acids is 1. The molecule has 0 saturated heterocycles. The normalized spacial score (nSPS) is 11.2. The molecule has 0 aliphatic heterocycles. The Morgan fingerprint density at radius 3 is 1.79 bits per heavy atom. The highest BCUT2D eigenvalue weighted by Crippen LogP contribution is 2.29. The van der Waals surface area contributed by atoms with Gasteiger partial charge in [0.2, 0.25) is 0 Å². The summed E-state index contributed by atoms with van der Waals surface area (Å²) in [4.78, 5) is 17.3. The number of aliphatic imine (C=N–C) groups is 1. The summed E-state index contributed by atoms with van der Waals surface area (Å²) in [5, 5.41) is 0. The van der Waals surface area contributed by atoms with Gasteiger partial charge in [0, 0.05) is 11.1 Å². The van der Waals surface area contributed by atoms with Crippen LogP contribution in [0.15, 0.2) is 102 Å². The summed E-state index contributed by atoms with van der Waals surface area (Å²) in [7, 11) is 2.96. The molecule has 0 radical (unpaired) electrons. The monoisotopic (exact) mass is 385 g/mol. The molecule has 4 nitrogen and oxygen atoms in total.